The second kappa shape index (κ2) is 6.67. The third-order valence-electron chi connectivity index (χ3n) is 2.63. The van der Waals surface area contributed by atoms with Crippen LogP contribution in [0, 0.1) is 0 Å². The van der Waals surface area contributed by atoms with Gasteiger partial charge in [-0.15, -0.1) is 0 Å². The molecule has 1 aliphatic rings. The molecule has 1 aliphatic heterocycles. The van der Waals surface area contributed by atoms with Gasteiger partial charge in [-0.05, 0) is 12.0 Å². The van der Waals surface area contributed by atoms with E-state index < -0.39 is 0 Å². The van der Waals surface area contributed by atoms with Crippen molar-refractivity contribution >= 4 is 16.9 Å². The first-order chi connectivity index (χ1) is 8.40. The quantitative estimate of drug-likeness (QED) is 0.815. The maximum absolute atomic E-state index is 5.01. The van der Waals surface area contributed by atoms with Crippen LogP contribution in [0.15, 0.2) is 35.3 Å². The third kappa shape index (κ3) is 3.75. The molecular formula is C13H18N2OS. The van der Waals surface area contributed by atoms with Crippen molar-refractivity contribution in [2.75, 3.05) is 26.8 Å². The van der Waals surface area contributed by atoms with Crippen LogP contribution >= 0.6 is 11.8 Å². The van der Waals surface area contributed by atoms with Gasteiger partial charge < -0.3 is 10.1 Å². The van der Waals surface area contributed by atoms with Crippen molar-refractivity contribution in [3.05, 3.63) is 35.9 Å². The van der Waals surface area contributed by atoms with Gasteiger partial charge in [0.25, 0.3) is 0 Å². The van der Waals surface area contributed by atoms with Gasteiger partial charge >= 0.3 is 0 Å². The predicted molar refractivity (Wildman–Crippen MR) is 73.6 cm³/mol. The number of ether oxygens (including phenoxy) is 1. The molecule has 0 aliphatic carbocycles. The average molecular weight is 250 g/mol. The third-order valence-corrected chi connectivity index (χ3v) is 3.83. The number of nitrogens with one attached hydrogen (secondary N) is 1. The van der Waals surface area contributed by atoms with E-state index in [9.17, 15) is 0 Å². The van der Waals surface area contributed by atoms with Gasteiger partial charge in [-0.2, -0.15) is 0 Å². The molecule has 3 nitrogen and oxygen atoms in total. The van der Waals surface area contributed by atoms with E-state index in [4.69, 9.17) is 4.74 Å². The van der Waals surface area contributed by atoms with Crippen LogP contribution in [0.1, 0.15) is 17.2 Å². The van der Waals surface area contributed by atoms with Crippen LogP contribution in [0.25, 0.3) is 0 Å². The summed E-state index contributed by atoms with van der Waals surface area (Å²) < 4.78 is 5.01. The molecule has 0 saturated heterocycles. The first kappa shape index (κ1) is 12.5. The summed E-state index contributed by atoms with van der Waals surface area (Å²) >= 11 is 1.82. The molecule has 0 spiro atoms. The summed E-state index contributed by atoms with van der Waals surface area (Å²) in [4.78, 5) is 4.52. The first-order valence-corrected chi connectivity index (χ1v) is 6.77. The monoisotopic (exact) mass is 250 g/mol. The molecule has 92 valence electrons. The Kier molecular flexibility index (Phi) is 4.88. The Bertz CT molecular complexity index is 367. The molecule has 1 N–H and O–H groups in total. The molecular weight excluding hydrogens is 232 g/mol. The van der Waals surface area contributed by atoms with Crippen LogP contribution in [0.4, 0.5) is 0 Å². The lowest BCUT2D eigenvalue weighted by molar-refractivity contribution is 0.196. The lowest BCUT2D eigenvalue weighted by atomic mass is 10.1. The Morgan fingerprint density at radius 3 is 3.00 bits per heavy atom. The summed E-state index contributed by atoms with van der Waals surface area (Å²) in [7, 11) is 1.73. The smallest absolute Gasteiger partial charge is 0.157 e. The number of nitrogens with zero attached hydrogens (tertiary/aromatic N) is 1. The van der Waals surface area contributed by atoms with Crippen LogP contribution in [0.3, 0.4) is 0 Å². The molecule has 0 radical (unpaired) electrons. The number of rotatable bonds is 5. The fourth-order valence-corrected chi connectivity index (χ4v) is 2.77. The average Bonchev–Trinajstić information content (AvgIpc) is 2.85. The molecule has 0 amide bonds. The molecule has 17 heavy (non-hydrogen) atoms. The Balaban J connectivity index is 1.75. The highest BCUT2D eigenvalue weighted by molar-refractivity contribution is 8.14. The van der Waals surface area contributed by atoms with Crippen molar-refractivity contribution in [3.8, 4) is 0 Å². The van der Waals surface area contributed by atoms with E-state index in [2.05, 4.69) is 34.6 Å². The first-order valence-electron chi connectivity index (χ1n) is 5.89. The summed E-state index contributed by atoms with van der Waals surface area (Å²) in [6.07, 6.45) is 1.02. The highest BCUT2D eigenvalue weighted by Gasteiger charge is 2.20. The van der Waals surface area contributed by atoms with Crippen LogP contribution in [-0.4, -0.2) is 32.0 Å². The van der Waals surface area contributed by atoms with Crippen molar-refractivity contribution in [2.24, 2.45) is 4.99 Å². The van der Waals surface area contributed by atoms with Crippen molar-refractivity contribution in [1.82, 2.24) is 5.32 Å². The Hall–Kier alpha value is -1.00. The molecule has 0 aromatic heterocycles. The fourth-order valence-electron chi connectivity index (χ4n) is 1.73. The maximum Gasteiger partial charge on any atom is 0.157 e. The van der Waals surface area contributed by atoms with Gasteiger partial charge in [0, 0.05) is 20.3 Å². The van der Waals surface area contributed by atoms with Crippen LogP contribution in [0.2, 0.25) is 0 Å². The maximum atomic E-state index is 5.01. The van der Waals surface area contributed by atoms with E-state index in [1.807, 2.05) is 17.8 Å². The summed E-state index contributed by atoms with van der Waals surface area (Å²) in [5.74, 6) is 0. The van der Waals surface area contributed by atoms with Crippen LogP contribution < -0.4 is 5.32 Å². The number of thioether (sulfide) groups is 1. The number of methoxy groups -OCH3 is 1. The largest absolute Gasteiger partial charge is 0.385 e. The Morgan fingerprint density at radius 1 is 1.41 bits per heavy atom. The molecule has 1 unspecified atom stereocenters. The van der Waals surface area contributed by atoms with Gasteiger partial charge in [-0.3, -0.25) is 4.99 Å². The molecule has 1 aromatic carbocycles. The zero-order chi connectivity index (χ0) is 11.9. The van der Waals surface area contributed by atoms with Crippen LogP contribution in [-0.2, 0) is 4.74 Å². The van der Waals surface area contributed by atoms with Gasteiger partial charge in [-0.1, -0.05) is 42.1 Å². The summed E-state index contributed by atoms with van der Waals surface area (Å²) in [6.45, 7) is 2.61. The van der Waals surface area contributed by atoms with Gasteiger partial charge in [0.05, 0.1) is 11.8 Å². The predicted octanol–water partition coefficient (Wildman–Crippen LogP) is 2.46. The molecule has 1 heterocycles. The lowest BCUT2D eigenvalue weighted by Crippen LogP contribution is -2.21. The van der Waals surface area contributed by atoms with E-state index in [1.54, 1.807) is 7.11 Å². The summed E-state index contributed by atoms with van der Waals surface area (Å²) in [6, 6.07) is 10.6. The zero-order valence-electron chi connectivity index (χ0n) is 10.1. The second-order valence-corrected chi connectivity index (χ2v) is 5.13. The van der Waals surface area contributed by atoms with Crippen LogP contribution in [0.5, 0.6) is 0 Å². The fraction of sp³-hybridized carbons (Fsp3) is 0.462. The summed E-state index contributed by atoms with van der Waals surface area (Å²) in [5, 5.41) is 4.89. The topological polar surface area (TPSA) is 33.6 Å². The number of amidine groups is 1. The number of hydrogen-bond acceptors (Lipinski definition) is 4. The minimum absolute atomic E-state index is 0.473. The van der Waals surface area contributed by atoms with E-state index >= 15 is 0 Å². The van der Waals surface area contributed by atoms with E-state index in [-0.39, 0.29) is 0 Å². The van der Waals surface area contributed by atoms with Crippen molar-refractivity contribution < 1.29 is 4.74 Å². The molecule has 0 fully saturated rings. The van der Waals surface area contributed by atoms with Gasteiger partial charge in [0.2, 0.25) is 0 Å². The molecule has 1 atom stereocenters. The Labute approximate surface area is 107 Å². The highest BCUT2D eigenvalue weighted by atomic mass is 32.2. The molecule has 4 heteroatoms. The lowest BCUT2D eigenvalue weighted by Gasteiger charge is -2.09. The second-order valence-electron chi connectivity index (χ2n) is 3.94. The minimum atomic E-state index is 0.473. The molecule has 2 rings (SSSR count). The normalized spacial score (nSPS) is 19.1. The number of aliphatic imine (C=N–C) groups is 1. The van der Waals surface area contributed by atoms with E-state index in [1.165, 1.54) is 5.56 Å². The standard InChI is InChI=1S/C13H18N2OS/c1-16-9-5-8-14-13-15-10-12(17-13)11-6-3-2-4-7-11/h2-4,6-7,12H,5,8-10H2,1H3,(H,14,15). The van der Waals surface area contributed by atoms with Crippen molar-refractivity contribution in [3.63, 3.8) is 0 Å². The van der Waals surface area contributed by atoms with Crippen molar-refractivity contribution in [2.45, 2.75) is 11.7 Å². The van der Waals surface area contributed by atoms with E-state index in [0.29, 0.717) is 5.25 Å². The van der Waals surface area contributed by atoms with E-state index in [0.717, 1.165) is 31.3 Å². The van der Waals surface area contributed by atoms with Crippen molar-refractivity contribution in [1.29, 1.82) is 0 Å². The number of benzene rings is 1. The highest BCUT2D eigenvalue weighted by Crippen LogP contribution is 2.33. The van der Waals surface area contributed by atoms with Gasteiger partial charge in [-0.25, -0.2) is 0 Å². The minimum Gasteiger partial charge on any atom is -0.385 e. The molecule has 0 saturated carbocycles. The van der Waals surface area contributed by atoms with Gasteiger partial charge in [0.15, 0.2) is 5.17 Å². The molecule has 1 aromatic rings. The number of hydrogen-bond donors (Lipinski definition) is 1. The summed E-state index contributed by atoms with van der Waals surface area (Å²) in [5.41, 5.74) is 1.36. The SMILES string of the molecule is COCCCNC1=NCC(c2ccccc2)S1. The zero-order valence-corrected chi connectivity index (χ0v) is 10.9. The Morgan fingerprint density at radius 2 is 2.24 bits per heavy atom. The van der Waals surface area contributed by atoms with Gasteiger partial charge in [0.1, 0.15) is 0 Å². The molecule has 0 bridgehead atoms.